The summed E-state index contributed by atoms with van der Waals surface area (Å²) in [5.74, 6) is -0.397. The standard InChI is InChI=1S/C18H27N3O5S2/c1-27(23,24)21-14-6-7-17(21)18(22)19-15-8-10-16(11-9-15)28(25,26)20-12-4-2-3-5-13-20/h8-11,17H,2-7,12-14H2,1H3,(H,19,22)/t17-/m1/s1. The second-order valence-electron chi connectivity index (χ2n) is 7.36. The molecule has 8 nitrogen and oxygen atoms in total. The van der Waals surface area contributed by atoms with Crippen LogP contribution in [0.25, 0.3) is 0 Å². The molecule has 2 aliphatic rings. The zero-order valence-electron chi connectivity index (χ0n) is 16.0. The normalized spacial score (nSPS) is 22.7. The Hall–Kier alpha value is -1.49. The molecule has 1 atom stereocenters. The highest BCUT2D eigenvalue weighted by Crippen LogP contribution is 2.24. The maximum Gasteiger partial charge on any atom is 0.243 e. The third kappa shape index (κ3) is 4.73. The first-order chi connectivity index (χ1) is 13.2. The van der Waals surface area contributed by atoms with Gasteiger partial charge >= 0.3 is 0 Å². The van der Waals surface area contributed by atoms with Crippen molar-refractivity contribution in [3.63, 3.8) is 0 Å². The number of benzene rings is 1. The van der Waals surface area contributed by atoms with Crippen LogP contribution < -0.4 is 5.32 Å². The Morgan fingerprint density at radius 3 is 2.11 bits per heavy atom. The molecule has 0 bridgehead atoms. The second-order valence-corrected chi connectivity index (χ2v) is 11.2. The number of hydrogen-bond donors (Lipinski definition) is 1. The van der Waals surface area contributed by atoms with Crippen molar-refractivity contribution in [1.29, 1.82) is 0 Å². The van der Waals surface area contributed by atoms with E-state index in [1.165, 1.54) is 20.7 Å². The van der Waals surface area contributed by atoms with Gasteiger partial charge in [0, 0.05) is 25.3 Å². The number of nitrogens with zero attached hydrogens (tertiary/aromatic N) is 2. The van der Waals surface area contributed by atoms with Gasteiger partial charge in [0.15, 0.2) is 0 Å². The number of rotatable bonds is 5. The van der Waals surface area contributed by atoms with E-state index in [-0.39, 0.29) is 4.90 Å². The maximum absolute atomic E-state index is 12.8. The zero-order chi connectivity index (χ0) is 20.4. The molecule has 3 rings (SSSR count). The summed E-state index contributed by atoms with van der Waals surface area (Å²) in [6.45, 7) is 1.40. The van der Waals surface area contributed by atoms with E-state index in [0.717, 1.165) is 31.9 Å². The van der Waals surface area contributed by atoms with Crippen molar-refractivity contribution >= 4 is 31.6 Å². The van der Waals surface area contributed by atoms with E-state index in [1.54, 1.807) is 12.1 Å². The average Bonchev–Trinajstić information content (AvgIpc) is 2.98. The van der Waals surface area contributed by atoms with Gasteiger partial charge in [-0.1, -0.05) is 12.8 Å². The molecule has 1 aromatic rings. The lowest BCUT2D eigenvalue weighted by molar-refractivity contribution is -0.119. The molecule has 156 valence electrons. The summed E-state index contributed by atoms with van der Waals surface area (Å²) in [6.07, 6.45) is 6.03. The molecule has 2 heterocycles. The largest absolute Gasteiger partial charge is 0.325 e. The number of carbonyl (C=O) groups is 1. The molecule has 0 aliphatic carbocycles. The van der Waals surface area contributed by atoms with Gasteiger partial charge in [0.1, 0.15) is 6.04 Å². The molecule has 10 heteroatoms. The fraction of sp³-hybridized carbons (Fsp3) is 0.611. The van der Waals surface area contributed by atoms with Crippen LogP contribution in [0.15, 0.2) is 29.2 Å². The second kappa shape index (κ2) is 8.48. The number of nitrogens with one attached hydrogen (secondary N) is 1. The highest BCUT2D eigenvalue weighted by atomic mass is 32.2. The first kappa shape index (κ1) is 21.2. The molecule has 1 amide bonds. The molecule has 0 spiro atoms. The number of carbonyl (C=O) groups excluding carboxylic acids is 1. The monoisotopic (exact) mass is 429 g/mol. The van der Waals surface area contributed by atoms with Crippen LogP contribution in [-0.4, -0.2) is 63.3 Å². The van der Waals surface area contributed by atoms with E-state index in [9.17, 15) is 21.6 Å². The van der Waals surface area contributed by atoms with Gasteiger partial charge in [-0.3, -0.25) is 4.79 Å². The van der Waals surface area contributed by atoms with Crippen molar-refractivity contribution < 1.29 is 21.6 Å². The quantitative estimate of drug-likeness (QED) is 0.766. The van der Waals surface area contributed by atoms with E-state index in [1.807, 2.05) is 0 Å². The fourth-order valence-corrected chi connectivity index (χ4v) is 6.41. The first-order valence-electron chi connectivity index (χ1n) is 9.57. The van der Waals surface area contributed by atoms with Crippen molar-refractivity contribution in [2.75, 3.05) is 31.2 Å². The van der Waals surface area contributed by atoms with Crippen LogP contribution in [0, 0.1) is 0 Å². The van der Waals surface area contributed by atoms with Crippen LogP contribution in [0.1, 0.15) is 38.5 Å². The van der Waals surface area contributed by atoms with Crippen LogP contribution >= 0.6 is 0 Å². The summed E-state index contributed by atoms with van der Waals surface area (Å²) < 4.78 is 51.9. The van der Waals surface area contributed by atoms with Crippen LogP contribution in [0.4, 0.5) is 5.69 Å². The topological polar surface area (TPSA) is 104 Å². The molecule has 28 heavy (non-hydrogen) atoms. The minimum atomic E-state index is -3.54. The molecule has 2 aliphatic heterocycles. The Morgan fingerprint density at radius 2 is 1.54 bits per heavy atom. The molecule has 2 saturated heterocycles. The Kier molecular flexibility index (Phi) is 6.43. The smallest absolute Gasteiger partial charge is 0.243 e. The van der Waals surface area contributed by atoms with Crippen molar-refractivity contribution in [2.24, 2.45) is 0 Å². The molecular formula is C18H27N3O5S2. The minimum absolute atomic E-state index is 0.200. The average molecular weight is 430 g/mol. The van der Waals surface area contributed by atoms with Crippen LogP contribution in [0.5, 0.6) is 0 Å². The Labute approximate surface area is 167 Å². The molecule has 1 N–H and O–H groups in total. The summed E-state index contributed by atoms with van der Waals surface area (Å²) in [4.78, 5) is 12.7. The fourth-order valence-electron chi connectivity index (χ4n) is 3.77. The van der Waals surface area contributed by atoms with E-state index in [2.05, 4.69) is 5.32 Å². The van der Waals surface area contributed by atoms with Gasteiger partial charge in [-0.15, -0.1) is 0 Å². The van der Waals surface area contributed by atoms with Gasteiger partial charge in [-0.25, -0.2) is 16.8 Å². The summed E-state index contributed by atoms with van der Waals surface area (Å²) in [7, 11) is -6.98. The summed E-state index contributed by atoms with van der Waals surface area (Å²) in [6, 6.07) is 5.33. The zero-order valence-corrected chi connectivity index (χ0v) is 17.6. The van der Waals surface area contributed by atoms with Crippen LogP contribution in [-0.2, 0) is 24.8 Å². The predicted octanol–water partition coefficient (Wildman–Crippen LogP) is 1.61. The van der Waals surface area contributed by atoms with E-state index in [0.29, 0.717) is 38.2 Å². The lowest BCUT2D eigenvalue weighted by Gasteiger charge is -2.22. The Balaban J connectivity index is 1.70. The molecule has 0 saturated carbocycles. The maximum atomic E-state index is 12.8. The van der Waals surface area contributed by atoms with E-state index < -0.39 is 32.0 Å². The molecule has 0 radical (unpaired) electrons. The summed E-state index contributed by atoms with van der Waals surface area (Å²) in [5, 5.41) is 2.70. The highest BCUT2D eigenvalue weighted by molar-refractivity contribution is 7.89. The Morgan fingerprint density at radius 1 is 0.929 bits per heavy atom. The van der Waals surface area contributed by atoms with Crippen LogP contribution in [0.2, 0.25) is 0 Å². The SMILES string of the molecule is CS(=O)(=O)N1CCC[C@@H]1C(=O)Nc1ccc(S(=O)(=O)N2CCCCCC2)cc1. The summed E-state index contributed by atoms with van der Waals surface area (Å²) >= 11 is 0. The molecule has 0 unspecified atom stereocenters. The van der Waals surface area contributed by atoms with Gasteiger partial charge in [-0.05, 0) is 49.9 Å². The van der Waals surface area contributed by atoms with Gasteiger partial charge < -0.3 is 5.32 Å². The van der Waals surface area contributed by atoms with E-state index in [4.69, 9.17) is 0 Å². The number of sulfonamides is 2. The molecule has 2 fully saturated rings. The highest BCUT2D eigenvalue weighted by Gasteiger charge is 2.36. The predicted molar refractivity (Wildman–Crippen MR) is 107 cm³/mol. The number of amides is 1. The van der Waals surface area contributed by atoms with Gasteiger partial charge in [0.25, 0.3) is 0 Å². The van der Waals surface area contributed by atoms with Gasteiger partial charge in [0.05, 0.1) is 11.2 Å². The lowest BCUT2D eigenvalue weighted by atomic mass is 10.2. The minimum Gasteiger partial charge on any atom is -0.325 e. The molecule has 1 aromatic carbocycles. The third-order valence-electron chi connectivity index (χ3n) is 5.26. The van der Waals surface area contributed by atoms with Gasteiger partial charge in [-0.2, -0.15) is 8.61 Å². The third-order valence-corrected chi connectivity index (χ3v) is 8.46. The molecular weight excluding hydrogens is 402 g/mol. The van der Waals surface area contributed by atoms with Crippen molar-refractivity contribution in [3.8, 4) is 0 Å². The van der Waals surface area contributed by atoms with Crippen molar-refractivity contribution in [1.82, 2.24) is 8.61 Å². The van der Waals surface area contributed by atoms with Crippen LogP contribution in [0.3, 0.4) is 0 Å². The van der Waals surface area contributed by atoms with E-state index >= 15 is 0 Å². The number of anilines is 1. The summed E-state index contributed by atoms with van der Waals surface area (Å²) in [5.41, 5.74) is 0.445. The Bertz CT molecular complexity index is 905. The van der Waals surface area contributed by atoms with Crippen molar-refractivity contribution in [3.05, 3.63) is 24.3 Å². The lowest BCUT2D eigenvalue weighted by Crippen LogP contribution is -2.42. The van der Waals surface area contributed by atoms with Crippen molar-refractivity contribution in [2.45, 2.75) is 49.5 Å². The first-order valence-corrected chi connectivity index (χ1v) is 12.9. The van der Waals surface area contributed by atoms with Gasteiger partial charge in [0.2, 0.25) is 26.0 Å². The molecule has 0 aromatic heterocycles. The number of hydrogen-bond acceptors (Lipinski definition) is 5.